The van der Waals surface area contributed by atoms with Crippen LogP contribution in [-0.4, -0.2) is 29.0 Å². The molecule has 3 aromatic carbocycles. The zero-order valence-electron chi connectivity index (χ0n) is 20.7. The number of hydrogen-bond donors (Lipinski definition) is 1. The Kier molecular flexibility index (Phi) is 6.94. The smallest absolute Gasteiger partial charge is 0.250 e. The van der Waals surface area contributed by atoms with Crippen LogP contribution in [-0.2, 0) is 22.6 Å². The Balaban J connectivity index is 1.49. The number of rotatable bonds is 7. The summed E-state index contributed by atoms with van der Waals surface area (Å²) in [5.41, 5.74) is 2.82. The summed E-state index contributed by atoms with van der Waals surface area (Å²) in [6, 6.07) is 23.2. The molecule has 0 unspecified atom stereocenters. The molecule has 2 aliphatic rings. The highest BCUT2D eigenvalue weighted by molar-refractivity contribution is 6.01. The van der Waals surface area contributed by atoms with Gasteiger partial charge in [0.1, 0.15) is 5.54 Å². The average molecular weight is 485 g/mol. The van der Waals surface area contributed by atoms with E-state index in [1.807, 2.05) is 59.5 Å². The highest BCUT2D eigenvalue weighted by atomic mass is 16.7. The van der Waals surface area contributed by atoms with Crippen molar-refractivity contribution in [1.29, 1.82) is 0 Å². The first-order valence-corrected chi connectivity index (χ1v) is 12.7. The van der Waals surface area contributed by atoms with Gasteiger partial charge in [0.25, 0.3) is 0 Å². The van der Waals surface area contributed by atoms with Crippen LogP contribution in [0.1, 0.15) is 48.8 Å². The highest BCUT2D eigenvalue weighted by Crippen LogP contribution is 2.39. The van der Waals surface area contributed by atoms with Crippen LogP contribution in [0.25, 0.3) is 0 Å². The van der Waals surface area contributed by atoms with Gasteiger partial charge >= 0.3 is 0 Å². The van der Waals surface area contributed by atoms with E-state index in [2.05, 4.69) is 18.3 Å². The molecule has 1 N–H and O–H groups in total. The number of aryl methyl sites for hydroxylation is 1. The van der Waals surface area contributed by atoms with Gasteiger partial charge in [-0.15, -0.1) is 0 Å². The van der Waals surface area contributed by atoms with Gasteiger partial charge in [0, 0.05) is 18.3 Å². The van der Waals surface area contributed by atoms with Crippen molar-refractivity contribution in [2.24, 2.45) is 0 Å². The molecule has 186 valence electrons. The molecule has 0 atom stereocenters. The van der Waals surface area contributed by atoms with Crippen molar-refractivity contribution in [3.05, 3.63) is 89.5 Å². The Labute approximate surface area is 212 Å². The molecule has 0 bridgehead atoms. The Hall–Kier alpha value is -3.80. The molecule has 0 saturated heterocycles. The van der Waals surface area contributed by atoms with Crippen molar-refractivity contribution in [3.63, 3.8) is 0 Å². The van der Waals surface area contributed by atoms with Gasteiger partial charge < -0.3 is 19.7 Å². The Bertz CT molecular complexity index is 1230. The second kappa shape index (κ2) is 10.4. The number of carbonyl (C=O) groups excluding carboxylic acids is 2. The van der Waals surface area contributed by atoms with Crippen molar-refractivity contribution in [2.45, 2.75) is 57.5 Å². The van der Waals surface area contributed by atoms with Gasteiger partial charge in [0.15, 0.2) is 11.5 Å². The monoisotopic (exact) mass is 484 g/mol. The van der Waals surface area contributed by atoms with Gasteiger partial charge in [-0.05, 0) is 48.6 Å². The minimum atomic E-state index is -0.928. The number of nitrogens with one attached hydrogen (secondary N) is 1. The van der Waals surface area contributed by atoms with Crippen LogP contribution >= 0.6 is 0 Å². The third kappa shape index (κ3) is 4.94. The normalized spacial score (nSPS) is 15.8. The molecule has 2 amide bonds. The van der Waals surface area contributed by atoms with Crippen LogP contribution in [0.4, 0.5) is 5.69 Å². The van der Waals surface area contributed by atoms with E-state index in [4.69, 9.17) is 9.47 Å². The third-order valence-corrected chi connectivity index (χ3v) is 7.34. The van der Waals surface area contributed by atoms with E-state index in [1.54, 1.807) is 12.1 Å². The van der Waals surface area contributed by atoms with E-state index < -0.39 is 5.54 Å². The fraction of sp³-hybridized carbons (Fsp3) is 0.333. The van der Waals surface area contributed by atoms with Crippen LogP contribution in [0.15, 0.2) is 72.8 Å². The molecule has 1 saturated carbocycles. The first-order valence-electron chi connectivity index (χ1n) is 12.7. The lowest BCUT2D eigenvalue weighted by Crippen LogP contribution is -2.60. The van der Waals surface area contributed by atoms with Crippen molar-refractivity contribution in [3.8, 4) is 11.5 Å². The maximum absolute atomic E-state index is 14.1. The number of amides is 2. The van der Waals surface area contributed by atoms with E-state index in [-0.39, 0.29) is 25.0 Å². The molecule has 6 nitrogen and oxygen atoms in total. The number of anilines is 1. The molecule has 6 heteroatoms. The lowest BCUT2D eigenvalue weighted by atomic mass is 9.78. The maximum Gasteiger partial charge on any atom is 0.250 e. The van der Waals surface area contributed by atoms with Gasteiger partial charge in [-0.3, -0.25) is 9.59 Å². The second-order valence-corrected chi connectivity index (χ2v) is 9.68. The molecule has 5 rings (SSSR count). The fourth-order valence-electron chi connectivity index (χ4n) is 5.28. The predicted octanol–water partition coefficient (Wildman–Crippen LogP) is 5.64. The van der Waals surface area contributed by atoms with Gasteiger partial charge in [0.2, 0.25) is 18.6 Å². The van der Waals surface area contributed by atoms with Crippen LogP contribution in [0, 0.1) is 6.92 Å². The summed E-state index contributed by atoms with van der Waals surface area (Å²) in [6.07, 6.45) is 4.39. The lowest BCUT2D eigenvalue weighted by Gasteiger charge is -2.45. The lowest BCUT2D eigenvalue weighted by molar-refractivity contribution is -0.148. The highest BCUT2D eigenvalue weighted by Gasteiger charge is 2.47. The first-order chi connectivity index (χ1) is 17.5. The topological polar surface area (TPSA) is 67.9 Å². The van der Waals surface area contributed by atoms with Gasteiger partial charge in [-0.25, -0.2) is 0 Å². The molecule has 0 spiro atoms. The molecule has 1 fully saturated rings. The minimum absolute atomic E-state index is 0.0350. The SMILES string of the molecule is Cc1ccccc1CN(C(=O)Cc1ccccc1)C1(C(=O)Nc2ccc3c(c2)OCO3)CCCCC1. The summed E-state index contributed by atoms with van der Waals surface area (Å²) in [6.45, 7) is 2.62. The molecule has 1 heterocycles. The zero-order chi connectivity index (χ0) is 25.0. The Morgan fingerprint density at radius 3 is 2.39 bits per heavy atom. The van der Waals surface area contributed by atoms with Crippen molar-refractivity contribution in [1.82, 2.24) is 4.90 Å². The van der Waals surface area contributed by atoms with Crippen LogP contribution in [0.5, 0.6) is 11.5 Å². The first kappa shape index (κ1) is 23.9. The van der Waals surface area contributed by atoms with E-state index in [1.165, 1.54) is 0 Å². The van der Waals surface area contributed by atoms with Gasteiger partial charge in [-0.1, -0.05) is 73.9 Å². The molecule has 0 radical (unpaired) electrons. The number of ether oxygens (including phenoxy) is 2. The van der Waals surface area contributed by atoms with E-state index >= 15 is 0 Å². The number of fused-ring (bicyclic) bond motifs is 1. The Morgan fingerprint density at radius 2 is 1.61 bits per heavy atom. The quantitative estimate of drug-likeness (QED) is 0.472. The van der Waals surface area contributed by atoms with Crippen LogP contribution < -0.4 is 14.8 Å². The summed E-state index contributed by atoms with van der Waals surface area (Å²) in [4.78, 5) is 29.9. The maximum atomic E-state index is 14.1. The summed E-state index contributed by atoms with van der Waals surface area (Å²) in [7, 11) is 0. The van der Waals surface area contributed by atoms with E-state index in [9.17, 15) is 9.59 Å². The molecule has 36 heavy (non-hydrogen) atoms. The average Bonchev–Trinajstić information content (AvgIpc) is 3.37. The number of hydrogen-bond acceptors (Lipinski definition) is 4. The Morgan fingerprint density at radius 1 is 0.889 bits per heavy atom. The van der Waals surface area contributed by atoms with Gasteiger partial charge in [-0.2, -0.15) is 0 Å². The molecule has 1 aliphatic heterocycles. The van der Waals surface area contributed by atoms with E-state index in [0.717, 1.165) is 36.0 Å². The molecular formula is C30H32N2O4. The number of carbonyl (C=O) groups is 2. The van der Waals surface area contributed by atoms with E-state index in [0.29, 0.717) is 36.6 Å². The second-order valence-electron chi connectivity index (χ2n) is 9.68. The summed E-state index contributed by atoms with van der Waals surface area (Å²) in [5.74, 6) is 1.10. The van der Waals surface area contributed by atoms with Crippen molar-refractivity contribution >= 4 is 17.5 Å². The van der Waals surface area contributed by atoms with Crippen LogP contribution in [0.3, 0.4) is 0 Å². The number of nitrogens with zero attached hydrogens (tertiary/aromatic N) is 1. The molecule has 1 aliphatic carbocycles. The fourth-order valence-corrected chi connectivity index (χ4v) is 5.28. The standard InChI is InChI=1S/C30H32N2O4/c1-22-10-6-7-13-24(22)20-32(28(33)18-23-11-4-2-5-12-23)30(16-8-3-9-17-30)29(34)31-25-14-15-26-27(19-25)36-21-35-26/h2,4-7,10-15,19H,3,8-9,16-18,20-21H2,1H3,(H,31,34). The predicted molar refractivity (Wildman–Crippen MR) is 139 cm³/mol. The summed E-state index contributed by atoms with van der Waals surface area (Å²) < 4.78 is 10.9. The van der Waals surface area contributed by atoms with Gasteiger partial charge in [0.05, 0.1) is 6.42 Å². The molecular weight excluding hydrogens is 452 g/mol. The zero-order valence-corrected chi connectivity index (χ0v) is 20.7. The summed E-state index contributed by atoms with van der Waals surface area (Å²) in [5, 5.41) is 3.11. The van der Waals surface area contributed by atoms with Crippen molar-refractivity contribution < 1.29 is 19.1 Å². The molecule has 0 aromatic heterocycles. The van der Waals surface area contributed by atoms with Crippen molar-refractivity contribution in [2.75, 3.05) is 12.1 Å². The third-order valence-electron chi connectivity index (χ3n) is 7.34. The largest absolute Gasteiger partial charge is 0.454 e. The summed E-state index contributed by atoms with van der Waals surface area (Å²) >= 11 is 0. The van der Waals surface area contributed by atoms with Crippen LogP contribution in [0.2, 0.25) is 0 Å². The minimum Gasteiger partial charge on any atom is -0.454 e. The number of benzene rings is 3. The molecule has 3 aromatic rings.